The molecule has 0 aromatic heterocycles. The molecule has 0 saturated heterocycles. The third-order valence-corrected chi connectivity index (χ3v) is 6.29. The largest absolute Gasteiger partial charge is 0.409 e. The van der Waals surface area contributed by atoms with Gasteiger partial charge in [-0.05, 0) is 69.6 Å². The van der Waals surface area contributed by atoms with Gasteiger partial charge in [-0.3, -0.25) is 4.79 Å². The summed E-state index contributed by atoms with van der Waals surface area (Å²) in [5.74, 6) is 2.41. The molecular formula is C16H27N3O2. The summed E-state index contributed by atoms with van der Waals surface area (Å²) in [5.41, 5.74) is 4.84. The van der Waals surface area contributed by atoms with E-state index in [4.69, 9.17) is 10.9 Å². The highest BCUT2D eigenvalue weighted by Gasteiger charge is 2.55. The molecule has 0 spiro atoms. The summed E-state index contributed by atoms with van der Waals surface area (Å²) in [5, 5.41) is 15.2. The molecule has 4 bridgehead atoms. The number of carbonyl (C=O) groups excluding carboxylic acids is 1. The van der Waals surface area contributed by atoms with Gasteiger partial charge in [0.2, 0.25) is 5.91 Å². The van der Waals surface area contributed by atoms with Crippen molar-refractivity contribution in [3.63, 3.8) is 0 Å². The van der Waals surface area contributed by atoms with Gasteiger partial charge < -0.3 is 16.3 Å². The van der Waals surface area contributed by atoms with E-state index in [1.807, 2.05) is 13.8 Å². The Balaban J connectivity index is 1.79. The van der Waals surface area contributed by atoms with Crippen LogP contribution >= 0.6 is 0 Å². The lowest BCUT2D eigenvalue weighted by atomic mass is 9.49. The molecule has 4 N–H and O–H groups in total. The molecule has 0 aromatic carbocycles. The number of nitrogens with one attached hydrogen (secondary N) is 1. The number of amides is 1. The van der Waals surface area contributed by atoms with E-state index in [2.05, 4.69) is 10.5 Å². The number of nitrogens with two attached hydrogens (primary N) is 1. The minimum atomic E-state index is -0.755. The second-order valence-electron chi connectivity index (χ2n) is 7.82. The van der Waals surface area contributed by atoms with Crippen LogP contribution in [0.3, 0.4) is 0 Å². The fourth-order valence-electron chi connectivity index (χ4n) is 5.22. The van der Waals surface area contributed by atoms with Gasteiger partial charge in [0.05, 0.1) is 5.54 Å². The number of nitrogens with zero attached hydrogens (tertiary/aromatic N) is 1. The van der Waals surface area contributed by atoms with Crippen molar-refractivity contribution in [3.8, 4) is 0 Å². The third kappa shape index (κ3) is 2.30. The minimum Gasteiger partial charge on any atom is -0.409 e. The third-order valence-electron chi connectivity index (χ3n) is 6.29. The van der Waals surface area contributed by atoms with Crippen molar-refractivity contribution in [2.75, 3.05) is 0 Å². The van der Waals surface area contributed by atoms with Crippen molar-refractivity contribution in [3.05, 3.63) is 0 Å². The lowest BCUT2D eigenvalue weighted by molar-refractivity contribution is -0.147. The number of amidine groups is 1. The molecule has 4 rings (SSSR count). The average molecular weight is 293 g/mol. The molecule has 4 fully saturated rings. The minimum absolute atomic E-state index is 0.0862. The summed E-state index contributed by atoms with van der Waals surface area (Å²) in [6.45, 7) is 3.78. The molecule has 4 aliphatic rings. The van der Waals surface area contributed by atoms with Crippen molar-refractivity contribution in [1.82, 2.24) is 5.32 Å². The molecule has 0 aliphatic heterocycles. The molecular weight excluding hydrogens is 266 g/mol. The Labute approximate surface area is 126 Å². The summed E-state index contributed by atoms with van der Waals surface area (Å²) >= 11 is 0. The van der Waals surface area contributed by atoms with Crippen molar-refractivity contribution in [2.24, 2.45) is 34.1 Å². The van der Waals surface area contributed by atoms with E-state index >= 15 is 0 Å². The van der Waals surface area contributed by atoms with Crippen LogP contribution in [0, 0.1) is 23.2 Å². The Hall–Kier alpha value is -1.26. The summed E-state index contributed by atoms with van der Waals surface area (Å²) in [4.78, 5) is 13.0. The SMILES string of the molecule is CCC(C)(NC(=O)C12CC3CC(CC(C3)C1)C2)/C(N)=N/O. The molecule has 0 heterocycles. The lowest BCUT2D eigenvalue weighted by Gasteiger charge is -2.56. The van der Waals surface area contributed by atoms with Crippen LogP contribution in [0.2, 0.25) is 0 Å². The summed E-state index contributed by atoms with van der Waals surface area (Å²) in [6, 6.07) is 0. The lowest BCUT2D eigenvalue weighted by Crippen LogP contribution is -2.61. The van der Waals surface area contributed by atoms with Gasteiger partial charge in [0.15, 0.2) is 5.84 Å². The number of carbonyl (C=O) groups is 1. The average Bonchev–Trinajstić information content (AvgIpc) is 2.44. The highest BCUT2D eigenvalue weighted by molar-refractivity contribution is 5.95. The van der Waals surface area contributed by atoms with Crippen LogP contribution in [-0.4, -0.2) is 22.5 Å². The number of rotatable bonds is 4. The van der Waals surface area contributed by atoms with Crippen LogP contribution in [0.1, 0.15) is 58.8 Å². The van der Waals surface area contributed by atoms with Gasteiger partial charge in [-0.25, -0.2) is 0 Å². The molecule has 4 aliphatic carbocycles. The predicted octanol–water partition coefficient (Wildman–Crippen LogP) is 2.23. The first-order chi connectivity index (χ1) is 9.90. The first-order valence-corrected chi connectivity index (χ1v) is 8.21. The molecule has 5 heteroatoms. The zero-order valence-electron chi connectivity index (χ0n) is 13.1. The molecule has 1 unspecified atom stereocenters. The van der Waals surface area contributed by atoms with E-state index in [1.165, 1.54) is 19.3 Å². The number of oxime groups is 1. The van der Waals surface area contributed by atoms with Crippen molar-refractivity contribution >= 4 is 11.7 Å². The number of hydrogen-bond donors (Lipinski definition) is 3. The number of hydrogen-bond acceptors (Lipinski definition) is 3. The topological polar surface area (TPSA) is 87.7 Å². The molecule has 0 radical (unpaired) electrons. The van der Waals surface area contributed by atoms with Crippen LogP contribution in [0.5, 0.6) is 0 Å². The smallest absolute Gasteiger partial charge is 0.227 e. The Kier molecular flexibility index (Phi) is 3.41. The van der Waals surface area contributed by atoms with Gasteiger partial charge in [-0.15, -0.1) is 0 Å². The fraction of sp³-hybridized carbons (Fsp3) is 0.875. The fourth-order valence-corrected chi connectivity index (χ4v) is 5.22. The summed E-state index contributed by atoms with van der Waals surface area (Å²) < 4.78 is 0. The van der Waals surface area contributed by atoms with Gasteiger partial charge in [0.1, 0.15) is 0 Å². The monoisotopic (exact) mass is 293 g/mol. The summed E-state index contributed by atoms with van der Waals surface area (Å²) in [6.07, 6.45) is 7.65. The molecule has 1 atom stereocenters. The van der Waals surface area contributed by atoms with Crippen molar-refractivity contribution < 1.29 is 10.0 Å². The second kappa shape index (κ2) is 4.89. The van der Waals surface area contributed by atoms with Crippen molar-refractivity contribution in [2.45, 2.75) is 64.3 Å². The normalized spacial score (nSPS) is 40.9. The van der Waals surface area contributed by atoms with Crippen LogP contribution in [0.4, 0.5) is 0 Å². The van der Waals surface area contributed by atoms with E-state index in [1.54, 1.807) is 0 Å². The van der Waals surface area contributed by atoms with Gasteiger partial charge in [-0.2, -0.15) is 0 Å². The maximum atomic E-state index is 13.0. The quantitative estimate of drug-likeness (QED) is 0.321. The van der Waals surface area contributed by atoms with Crippen LogP contribution in [-0.2, 0) is 4.79 Å². The van der Waals surface area contributed by atoms with Gasteiger partial charge in [-0.1, -0.05) is 12.1 Å². The van der Waals surface area contributed by atoms with Crippen LogP contribution in [0.15, 0.2) is 5.16 Å². The maximum Gasteiger partial charge on any atom is 0.227 e. The Morgan fingerprint density at radius 3 is 2.14 bits per heavy atom. The highest BCUT2D eigenvalue weighted by atomic mass is 16.4. The standard InChI is InChI=1S/C16H27N3O2/c1-3-15(2,13(17)19-21)18-14(20)16-7-10-4-11(8-16)6-12(5-10)9-16/h10-12,21H,3-9H2,1-2H3,(H2,17,19)(H,18,20). The predicted molar refractivity (Wildman–Crippen MR) is 80.9 cm³/mol. The molecule has 1 amide bonds. The van der Waals surface area contributed by atoms with Crippen LogP contribution in [0.25, 0.3) is 0 Å². The molecule has 5 nitrogen and oxygen atoms in total. The zero-order chi connectivity index (χ0) is 15.3. The van der Waals surface area contributed by atoms with Gasteiger partial charge in [0.25, 0.3) is 0 Å². The molecule has 118 valence electrons. The van der Waals surface area contributed by atoms with Crippen molar-refractivity contribution in [1.29, 1.82) is 0 Å². The highest BCUT2D eigenvalue weighted by Crippen LogP contribution is 2.60. The first kappa shape index (κ1) is 14.7. The van der Waals surface area contributed by atoms with E-state index in [0.29, 0.717) is 6.42 Å². The van der Waals surface area contributed by atoms with Gasteiger partial charge >= 0.3 is 0 Å². The van der Waals surface area contributed by atoms with E-state index in [0.717, 1.165) is 37.0 Å². The first-order valence-electron chi connectivity index (χ1n) is 8.21. The van der Waals surface area contributed by atoms with E-state index in [-0.39, 0.29) is 17.2 Å². The van der Waals surface area contributed by atoms with E-state index < -0.39 is 5.54 Å². The Morgan fingerprint density at radius 2 is 1.76 bits per heavy atom. The Bertz CT molecular complexity index is 439. The Morgan fingerprint density at radius 1 is 1.29 bits per heavy atom. The second-order valence-corrected chi connectivity index (χ2v) is 7.82. The van der Waals surface area contributed by atoms with Gasteiger partial charge in [0, 0.05) is 5.41 Å². The summed E-state index contributed by atoms with van der Waals surface area (Å²) in [7, 11) is 0. The zero-order valence-corrected chi connectivity index (χ0v) is 13.1. The maximum absolute atomic E-state index is 13.0. The molecule has 0 aromatic rings. The molecule has 4 saturated carbocycles. The van der Waals surface area contributed by atoms with E-state index in [9.17, 15) is 4.79 Å². The molecule has 21 heavy (non-hydrogen) atoms. The van der Waals surface area contributed by atoms with Crippen LogP contribution < -0.4 is 11.1 Å².